The van der Waals surface area contributed by atoms with E-state index in [9.17, 15) is 9.90 Å². The predicted octanol–water partition coefficient (Wildman–Crippen LogP) is 2.41. The molecule has 1 aromatic rings. The van der Waals surface area contributed by atoms with Gasteiger partial charge in [-0.25, -0.2) is 14.8 Å². The zero-order valence-electron chi connectivity index (χ0n) is 13.5. The average molecular weight is 295 g/mol. The van der Waals surface area contributed by atoms with E-state index in [0.717, 1.165) is 6.54 Å². The molecule has 1 rings (SSSR count). The first-order valence-electron chi connectivity index (χ1n) is 7.20. The number of aromatic nitrogens is 2. The molecule has 0 saturated carbocycles. The van der Waals surface area contributed by atoms with Gasteiger partial charge < -0.3 is 14.7 Å². The van der Waals surface area contributed by atoms with Crippen molar-refractivity contribution in [2.75, 3.05) is 31.7 Å². The van der Waals surface area contributed by atoms with Gasteiger partial charge in [0, 0.05) is 26.1 Å². The monoisotopic (exact) mass is 295 g/mol. The van der Waals surface area contributed by atoms with Crippen LogP contribution in [-0.2, 0) is 4.74 Å². The molecule has 0 aliphatic carbocycles. The van der Waals surface area contributed by atoms with Gasteiger partial charge in [-0.2, -0.15) is 0 Å². The van der Waals surface area contributed by atoms with E-state index in [1.165, 1.54) is 0 Å². The molecule has 0 aliphatic heterocycles. The van der Waals surface area contributed by atoms with Gasteiger partial charge in [0.15, 0.2) is 5.69 Å². The molecule has 0 unspecified atom stereocenters. The van der Waals surface area contributed by atoms with Crippen molar-refractivity contribution in [1.29, 1.82) is 0 Å². The van der Waals surface area contributed by atoms with Gasteiger partial charge in [-0.1, -0.05) is 27.7 Å². The third kappa shape index (κ3) is 4.97. The Hall–Kier alpha value is -1.69. The normalized spacial score (nSPS) is 11.2. The molecule has 0 fully saturated rings. The fourth-order valence-electron chi connectivity index (χ4n) is 2.01. The van der Waals surface area contributed by atoms with Crippen LogP contribution in [0.3, 0.4) is 0 Å². The Morgan fingerprint density at radius 1 is 1.38 bits per heavy atom. The van der Waals surface area contributed by atoms with Crippen molar-refractivity contribution < 1.29 is 14.6 Å². The molecule has 1 N–H and O–H groups in total. The summed E-state index contributed by atoms with van der Waals surface area (Å²) in [5, 5.41) is 9.43. The van der Waals surface area contributed by atoms with Crippen LogP contribution < -0.4 is 4.90 Å². The first-order valence-corrected chi connectivity index (χ1v) is 7.20. The van der Waals surface area contributed by atoms with Crippen molar-refractivity contribution in [1.82, 2.24) is 9.97 Å². The van der Waals surface area contributed by atoms with Gasteiger partial charge in [0.25, 0.3) is 0 Å². The van der Waals surface area contributed by atoms with E-state index in [1.807, 2.05) is 18.7 Å². The minimum absolute atomic E-state index is 0.0606. The van der Waals surface area contributed by atoms with E-state index in [1.54, 1.807) is 13.3 Å². The van der Waals surface area contributed by atoms with E-state index >= 15 is 0 Å². The Kier molecular flexibility index (Phi) is 6.55. The van der Waals surface area contributed by atoms with Crippen LogP contribution in [-0.4, -0.2) is 47.8 Å². The Labute approximate surface area is 126 Å². The molecular formula is C15H25N3O3. The van der Waals surface area contributed by atoms with E-state index in [0.29, 0.717) is 30.6 Å². The number of ether oxygens (including phenoxy) is 1. The van der Waals surface area contributed by atoms with Crippen LogP contribution in [0.4, 0.5) is 5.69 Å². The van der Waals surface area contributed by atoms with Gasteiger partial charge in [-0.15, -0.1) is 0 Å². The molecule has 1 heterocycles. The van der Waals surface area contributed by atoms with Crippen LogP contribution in [0.15, 0.2) is 6.20 Å². The molecule has 0 atom stereocenters. The van der Waals surface area contributed by atoms with Crippen LogP contribution in [0.5, 0.6) is 0 Å². The predicted molar refractivity (Wildman–Crippen MR) is 82.0 cm³/mol. The Morgan fingerprint density at radius 3 is 2.52 bits per heavy atom. The van der Waals surface area contributed by atoms with Gasteiger partial charge in [-0.05, 0) is 5.92 Å². The first-order chi connectivity index (χ1) is 9.86. The fourth-order valence-corrected chi connectivity index (χ4v) is 2.01. The molecule has 1 aromatic heterocycles. The van der Waals surface area contributed by atoms with Crippen LogP contribution >= 0.6 is 0 Å². The minimum Gasteiger partial charge on any atom is -0.476 e. The van der Waals surface area contributed by atoms with Crippen molar-refractivity contribution in [2.24, 2.45) is 5.92 Å². The van der Waals surface area contributed by atoms with Crippen LogP contribution in [0, 0.1) is 5.92 Å². The smallest absolute Gasteiger partial charge is 0.356 e. The summed E-state index contributed by atoms with van der Waals surface area (Å²) in [6, 6.07) is 0. The van der Waals surface area contributed by atoms with Crippen molar-refractivity contribution in [2.45, 2.75) is 33.6 Å². The SMILES string of the molecule is COCCN(CC(C)C)c1cnc(C(C)C)nc1C(=O)O. The summed E-state index contributed by atoms with van der Waals surface area (Å²) in [6.45, 7) is 9.92. The number of carboxylic acid groups (broad SMARTS) is 1. The lowest BCUT2D eigenvalue weighted by Gasteiger charge is -2.27. The lowest BCUT2D eigenvalue weighted by molar-refractivity contribution is 0.0690. The summed E-state index contributed by atoms with van der Waals surface area (Å²) in [6.07, 6.45) is 1.61. The van der Waals surface area contributed by atoms with Crippen molar-refractivity contribution in [3.8, 4) is 0 Å². The highest BCUT2D eigenvalue weighted by Gasteiger charge is 2.20. The van der Waals surface area contributed by atoms with E-state index in [4.69, 9.17) is 4.74 Å². The van der Waals surface area contributed by atoms with Crippen molar-refractivity contribution in [3.05, 3.63) is 17.7 Å². The molecule has 0 spiro atoms. The fraction of sp³-hybridized carbons (Fsp3) is 0.667. The lowest BCUT2D eigenvalue weighted by atomic mass is 10.1. The van der Waals surface area contributed by atoms with Gasteiger partial charge in [-0.3, -0.25) is 0 Å². The second-order valence-corrected chi connectivity index (χ2v) is 5.75. The molecule has 0 amide bonds. The number of carbonyl (C=O) groups is 1. The largest absolute Gasteiger partial charge is 0.476 e. The third-order valence-electron chi connectivity index (χ3n) is 3.00. The highest BCUT2D eigenvalue weighted by atomic mass is 16.5. The highest BCUT2D eigenvalue weighted by molar-refractivity contribution is 5.92. The zero-order chi connectivity index (χ0) is 16.0. The van der Waals surface area contributed by atoms with E-state index < -0.39 is 5.97 Å². The molecular weight excluding hydrogens is 270 g/mol. The van der Waals surface area contributed by atoms with Crippen LogP contribution in [0.25, 0.3) is 0 Å². The molecule has 0 aromatic carbocycles. The summed E-state index contributed by atoms with van der Waals surface area (Å²) in [5.74, 6) is 0.0100. The maximum absolute atomic E-state index is 11.5. The van der Waals surface area contributed by atoms with Gasteiger partial charge in [0.05, 0.1) is 18.5 Å². The van der Waals surface area contributed by atoms with Crippen LogP contribution in [0.1, 0.15) is 49.9 Å². The molecule has 6 nitrogen and oxygen atoms in total. The molecule has 0 aliphatic rings. The van der Waals surface area contributed by atoms with Crippen molar-refractivity contribution in [3.63, 3.8) is 0 Å². The molecule has 21 heavy (non-hydrogen) atoms. The number of hydrogen-bond donors (Lipinski definition) is 1. The molecule has 6 heteroatoms. The summed E-state index contributed by atoms with van der Waals surface area (Å²) < 4.78 is 5.11. The number of methoxy groups -OCH3 is 1. The maximum atomic E-state index is 11.5. The Bertz CT molecular complexity index is 475. The second kappa shape index (κ2) is 7.93. The third-order valence-corrected chi connectivity index (χ3v) is 3.00. The van der Waals surface area contributed by atoms with Crippen molar-refractivity contribution >= 4 is 11.7 Å². The average Bonchev–Trinajstić information content (AvgIpc) is 2.42. The Balaban J connectivity index is 3.18. The summed E-state index contributed by atoms with van der Waals surface area (Å²) in [5.41, 5.74) is 0.614. The quantitative estimate of drug-likeness (QED) is 0.793. The van der Waals surface area contributed by atoms with Gasteiger partial charge in [0.2, 0.25) is 0 Å². The number of nitrogens with zero attached hydrogens (tertiary/aromatic N) is 3. The number of aromatic carboxylic acids is 1. The van der Waals surface area contributed by atoms with Gasteiger partial charge in [0.1, 0.15) is 5.82 Å². The molecule has 0 bridgehead atoms. The number of hydrogen-bond acceptors (Lipinski definition) is 5. The number of rotatable bonds is 8. The molecule has 0 radical (unpaired) electrons. The van der Waals surface area contributed by atoms with E-state index in [-0.39, 0.29) is 11.6 Å². The van der Waals surface area contributed by atoms with Crippen LogP contribution in [0.2, 0.25) is 0 Å². The lowest BCUT2D eigenvalue weighted by Crippen LogP contribution is -2.33. The first kappa shape index (κ1) is 17.4. The minimum atomic E-state index is -1.03. The topological polar surface area (TPSA) is 75.5 Å². The Morgan fingerprint density at radius 2 is 2.05 bits per heavy atom. The summed E-state index contributed by atoms with van der Waals surface area (Å²) in [7, 11) is 1.63. The molecule has 0 saturated heterocycles. The summed E-state index contributed by atoms with van der Waals surface area (Å²) in [4.78, 5) is 22.0. The maximum Gasteiger partial charge on any atom is 0.356 e. The molecule has 118 valence electrons. The zero-order valence-corrected chi connectivity index (χ0v) is 13.5. The van der Waals surface area contributed by atoms with E-state index in [2.05, 4.69) is 23.8 Å². The number of carboxylic acids is 1. The standard InChI is InChI=1S/C15H25N3O3/c1-10(2)9-18(6-7-21-5)12-8-16-14(11(3)4)17-13(12)15(19)20/h8,10-11H,6-7,9H2,1-5H3,(H,19,20). The number of anilines is 1. The van der Waals surface area contributed by atoms with Gasteiger partial charge >= 0.3 is 5.97 Å². The highest BCUT2D eigenvalue weighted by Crippen LogP contribution is 2.21. The summed E-state index contributed by atoms with van der Waals surface area (Å²) >= 11 is 0. The second-order valence-electron chi connectivity index (χ2n) is 5.75.